The molecule has 132 valence electrons. The van der Waals surface area contributed by atoms with Gasteiger partial charge in [-0.15, -0.1) is 0 Å². The van der Waals surface area contributed by atoms with Crippen LogP contribution in [0.2, 0.25) is 5.02 Å². The molecule has 1 aromatic heterocycles. The first-order valence-electron chi connectivity index (χ1n) is 8.79. The zero-order valence-electron chi connectivity index (χ0n) is 14.4. The van der Waals surface area contributed by atoms with Crippen molar-refractivity contribution < 1.29 is 4.79 Å². The van der Waals surface area contributed by atoms with Gasteiger partial charge in [-0.05, 0) is 44.0 Å². The second kappa shape index (κ2) is 8.30. The van der Waals surface area contributed by atoms with Crippen LogP contribution >= 0.6 is 11.6 Å². The molecule has 0 aliphatic heterocycles. The molecule has 1 aliphatic carbocycles. The first-order valence-corrected chi connectivity index (χ1v) is 9.17. The van der Waals surface area contributed by atoms with Gasteiger partial charge in [0.25, 0.3) is 5.91 Å². The van der Waals surface area contributed by atoms with Crippen LogP contribution in [0.25, 0.3) is 0 Å². The lowest BCUT2D eigenvalue weighted by Gasteiger charge is -2.17. The molecule has 1 aromatic carbocycles. The van der Waals surface area contributed by atoms with Crippen molar-refractivity contribution >= 4 is 29.1 Å². The van der Waals surface area contributed by atoms with Crippen molar-refractivity contribution in [3.05, 3.63) is 46.7 Å². The molecule has 1 amide bonds. The van der Waals surface area contributed by atoms with Crippen LogP contribution in [0.15, 0.2) is 30.3 Å². The summed E-state index contributed by atoms with van der Waals surface area (Å²) < 4.78 is 0. The van der Waals surface area contributed by atoms with Crippen molar-refractivity contribution in [3.8, 4) is 0 Å². The third-order valence-electron chi connectivity index (χ3n) is 4.36. The van der Waals surface area contributed by atoms with Crippen LogP contribution in [-0.4, -0.2) is 21.9 Å². The highest BCUT2D eigenvalue weighted by Crippen LogP contribution is 2.20. The van der Waals surface area contributed by atoms with Crippen LogP contribution in [0.5, 0.6) is 0 Å². The Kier molecular flexibility index (Phi) is 5.87. The fourth-order valence-electron chi connectivity index (χ4n) is 3.12. The van der Waals surface area contributed by atoms with Crippen molar-refractivity contribution in [2.45, 2.75) is 51.5 Å². The molecule has 0 spiro atoms. The van der Waals surface area contributed by atoms with Crippen LogP contribution in [0.4, 0.5) is 11.6 Å². The SMILES string of the molecule is Cc1cc(C(=O)Nc2cccc(Cl)c2)nc(NC2CCCCCC2)n1. The van der Waals surface area contributed by atoms with Crippen LogP contribution in [0, 0.1) is 6.92 Å². The smallest absolute Gasteiger partial charge is 0.274 e. The molecule has 0 radical (unpaired) electrons. The number of aryl methyl sites for hydroxylation is 1. The van der Waals surface area contributed by atoms with Crippen LogP contribution in [0.1, 0.15) is 54.7 Å². The molecule has 0 atom stereocenters. The zero-order chi connectivity index (χ0) is 17.6. The van der Waals surface area contributed by atoms with Gasteiger partial charge in [-0.3, -0.25) is 4.79 Å². The Morgan fingerprint density at radius 3 is 2.60 bits per heavy atom. The highest BCUT2D eigenvalue weighted by atomic mass is 35.5. The van der Waals surface area contributed by atoms with E-state index in [1.165, 1.54) is 25.7 Å². The molecule has 6 heteroatoms. The van der Waals surface area contributed by atoms with E-state index in [9.17, 15) is 4.79 Å². The highest BCUT2D eigenvalue weighted by Gasteiger charge is 2.16. The van der Waals surface area contributed by atoms with Gasteiger partial charge in [0.05, 0.1) is 0 Å². The number of nitrogens with one attached hydrogen (secondary N) is 2. The van der Waals surface area contributed by atoms with Gasteiger partial charge >= 0.3 is 0 Å². The Balaban J connectivity index is 1.72. The molecular formula is C19H23ClN4O. The fraction of sp³-hybridized carbons (Fsp3) is 0.421. The lowest BCUT2D eigenvalue weighted by atomic mass is 10.1. The summed E-state index contributed by atoms with van der Waals surface area (Å²) in [4.78, 5) is 21.4. The maximum atomic E-state index is 12.5. The molecule has 2 N–H and O–H groups in total. The van der Waals surface area contributed by atoms with Gasteiger partial charge in [-0.2, -0.15) is 0 Å². The van der Waals surface area contributed by atoms with Crippen LogP contribution < -0.4 is 10.6 Å². The number of nitrogens with zero attached hydrogens (tertiary/aromatic N) is 2. The molecule has 1 heterocycles. The van der Waals surface area contributed by atoms with E-state index in [4.69, 9.17) is 11.6 Å². The van der Waals surface area contributed by atoms with Gasteiger partial charge in [-0.25, -0.2) is 9.97 Å². The first-order chi connectivity index (χ1) is 12.1. The predicted molar refractivity (Wildman–Crippen MR) is 101 cm³/mol. The predicted octanol–water partition coefficient (Wildman–Crippen LogP) is 4.83. The fourth-order valence-corrected chi connectivity index (χ4v) is 3.31. The number of amides is 1. The third-order valence-corrected chi connectivity index (χ3v) is 4.59. The minimum atomic E-state index is -0.267. The topological polar surface area (TPSA) is 66.9 Å². The first kappa shape index (κ1) is 17.7. The summed E-state index contributed by atoms with van der Waals surface area (Å²) >= 11 is 5.96. The second-order valence-corrected chi connectivity index (χ2v) is 6.95. The van der Waals surface area contributed by atoms with E-state index in [0.29, 0.717) is 28.4 Å². The van der Waals surface area contributed by atoms with Crippen molar-refractivity contribution in [3.63, 3.8) is 0 Å². The number of aromatic nitrogens is 2. The molecule has 0 saturated heterocycles. The normalized spacial score (nSPS) is 15.4. The van der Waals surface area contributed by atoms with E-state index >= 15 is 0 Å². The molecular weight excluding hydrogens is 336 g/mol. The molecule has 5 nitrogen and oxygen atoms in total. The average Bonchev–Trinajstić information content (AvgIpc) is 2.83. The standard InChI is InChI=1S/C19H23ClN4O/c1-13-11-17(18(25)22-16-10-6-7-14(20)12-16)24-19(21-13)23-15-8-4-2-3-5-9-15/h6-7,10-12,15H,2-5,8-9H2,1H3,(H,22,25)(H,21,23,24). The molecule has 0 bridgehead atoms. The minimum Gasteiger partial charge on any atom is -0.351 e. The largest absolute Gasteiger partial charge is 0.351 e. The number of halogens is 1. The molecule has 0 unspecified atom stereocenters. The number of hydrogen-bond acceptors (Lipinski definition) is 4. The summed E-state index contributed by atoms with van der Waals surface area (Å²) in [7, 11) is 0. The van der Waals surface area contributed by atoms with E-state index in [2.05, 4.69) is 20.6 Å². The van der Waals surface area contributed by atoms with E-state index in [1.54, 1.807) is 30.3 Å². The van der Waals surface area contributed by atoms with Gasteiger partial charge in [0.2, 0.25) is 5.95 Å². The second-order valence-electron chi connectivity index (χ2n) is 6.52. The number of anilines is 2. The average molecular weight is 359 g/mol. The van der Waals surface area contributed by atoms with Gasteiger partial charge in [0.15, 0.2) is 0 Å². The van der Waals surface area contributed by atoms with E-state index in [-0.39, 0.29) is 5.91 Å². The summed E-state index contributed by atoms with van der Waals surface area (Å²) in [5, 5.41) is 6.81. The summed E-state index contributed by atoms with van der Waals surface area (Å²) in [5.41, 5.74) is 1.76. The molecule has 2 aromatic rings. The lowest BCUT2D eigenvalue weighted by Crippen LogP contribution is -2.22. The monoisotopic (exact) mass is 358 g/mol. The summed E-state index contributed by atoms with van der Waals surface area (Å²) in [5.74, 6) is 0.264. The van der Waals surface area contributed by atoms with Gasteiger partial charge in [0, 0.05) is 22.4 Å². The van der Waals surface area contributed by atoms with Gasteiger partial charge in [0.1, 0.15) is 5.69 Å². The van der Waals surface area contributed by atoms with Gasteiger partial charge < -0.3 is 10.6 Å². The number of carbonyl (C=O) groups excluding carboxylic acids is 1. The van der Waals surface area contributed by atoms with Gasteiger partial charge in [-0.1, -0.05) is 43.4 Å². The van der Waals surface area contributed by atoms with Crippen LogP contribution in [-0.2, 0) is 0 Å². The maximum absolute atomic E-state index is 12.5. The summed E-state index contributed by atoms with van der Waals surface area (Å²) in [6, 6.07) is 9.13. The van der Waals surface area contributed by atoms with Crippen LogP contribution in [0.3, 0.4) is 0 Å². The van der Waals surface area contributed by atoms with Crippen molar-refractivity contribution in [1.29, 1.82) is 0 Å². The third kappa shape index (κ3) is 5.16. The Bertz CT molecular complexity index is 742. The number of rotatable bonds is 4. The summed E-state index contributed by atoms with van der Waals surface area (Å²) in [6.07, 6.45) is 7.29. The number of benzene rings is 1. The quantitative estimate of drug-likeness (QED) is 0.768. The van der Waals surface area contributed by atoms with E-state index < -0.39 is 0 Å². The number of hydrogen-bond donors (Lipinski definition) is 2. The van der Waals surface area contributed by atoms with E-state index in [0.717, 1.165) is 18.5 Å². The Labute approximate surface area is 153 Å². The Hall–Kier alpha value is -2.14. The van der Waals surface area contributed by atoms with Crippen molar-refractivity contribution in [1.82, 2.24) is 9.97 Å². The molecule has 3 rings (SSSR count). The molecule has 1 fully saturated rings. The van der Waals surface area contributed by atoms with Crippen molar-refractivity contribution in [2.24, 2.45) is 0 Å². The Morgan fingerprint density at radius 2 is 1.88 bits per heavy atom. The minimum absolute atomic E-state index is 0.267. The Morgan fingerprint density at radius 1 is 1.12 bits per heavy atom. The molecule has 25 heavy (non-hydrogen) atoms. The summed E-state index contributed by atoms with van der Waals surface area (Å²) in [6.45, 7) is 1.87. The highest BCUT2D eigenvalue weighted by molar-refractivity contribution is 6.30. The zero-order valence-corrected chi connectivity index (χ0v) is 15.1. The lowest BCUT2D eigenvalue weighted by molar-refractivity contribution is 0.102. The van der Waals surface area contributed by atoms with E-state index in [1.807, 2.05) is 6.92 Å². The molecule has 1 saturated carbocycles. The maximum Gasteiger partial charge on any atom is 0.274 e. The number of carbonyl (C=O) groups is 1. The van der Waals surface area contributed by atoms with Crippen molar-refractivity contribution in [2.75, 3.05) is 10.6 Å². The molecule has 1 aliphatic rings.